The summed E-state index contributed by atoms with van der Waals surface area (Å²) in [6, 6.07) is 0. The molecule has 7 heteroatoms. The van der Waals surface area contributed by atoms with Gasteiger partial charge >= 0.3 is 6.18 Å². The van der Waals surface area contributed by atoms with Crippen LogP contribution in [-0.2, 0) is 9.53 Å². The molecule has 2 atom stereocenters. The number of amides is 1. The molecule has 2 aliphatic rings. The van der Waals surface area contributed by atoms with Gasteiger partial charge in [-0.15, -0.1) is 0 Å². The van der Waals surface area contributed by atoms with E-state index in [1.807, 2.05) is 0 Å². The maximum atomic E-state index is 13.3. The summed E-state index contributed by atoms with van der Waals surface area (Å²) in [5.41, 5.74) is -2.25. The summed E-state index contributed by atoms with van der Waals surface area (Å²) in [5.74, 6) is -0.799. The van der Waals surface area contributed by atoms with Crippen LogP contribution in [0.3, 0.4) is 0 Å². The number of halogens is 3. The quantitative estimate of drug-likeness (QED) is 0.825. The molecule has 0 aromatic heterocycles. The Hall–Kier alpha value is -0.820. The summed E-state index contributed by atoms with van der Waals surface area (Å²) in [6.07, 6.45) is -3.36. The van der Waals surface area contributed by atoms with Crippen molar-refractivity contribution in [2.24, 2.45) is 5.41 Å². The Balaban J connectivity index is 2.16. The molecule has 110 valence electrons. The lowest BCUT2D eigenvalue weighted by molar-refractivity contribution is -0.223. The molecule has 0 aromatic carbocycles. The van der Waals surface area contributed by atoms with Crippen molar-refractivity contribution in [3.8, 4) is 0 Å². The van der Waals surface area contributed by atoms with E-state index in [4.69, 9.17) is 4.74 Å². The second-order valence-electron chi connectivity index (χ2n) is 5.26. The summed E-state index contributed by atoms with van der Waals surface area (Å²) >= 11 is 0. The number of likely N-dealkylation sites (tertiary alicyclic amines) is 1. The minimum Gasteiger partial charge on any atom is -0.380 e. The van der Waals surface area contributed by atoms with Crippen molar-refractivity contribution in [2.75, 3.05) is 33.3 Å². The van der Waals surface area contributed by atoms with E-state index in [0.29, 0.717) is 13.0 Å². The highest BCUT2D eigenvalue weighted by atomic mass is 19.4. The normalized spacial score (nSPS) is 32.6. The predicted octanol–water partition coefficient (Wildman–Crippen LogP) is 1.17. The van der Waals surface area contributed by atoms with Gasteiger partial charge in [-0.25, -0.2) is 0 Å². The fourth-order valence-corrected chi connectivity index (χ4v) is 2.86. The lowest BCUT2D eigenvalue weighted by Crippen LogP contribution is -2.56. The third kappa shape index (κ3) is 2.58. The molecule has 2 rings (SSSR count). The fourth-order valence-electron chi connectivity index (χ4n) is 2.86. The van der Waals surface area contributed by atoms with E-state index in [2.05, 4.69) is 5.32 Å². The molecule has 1 amide bonds. The number of carbonyl (C=O) groups is 1. The molecule has 0 aliphatic carbocycles. The lowest BCUT2D eigenvalue weighted by atomic mass is 9.84. The third-order valence-corrected chi connectivity index (χ3v) is 4.11. The zero-order valence-corrected chi connectivity index (χ0v) is 10.9. The van der Waals surface area contributed by atoms with E-state index in [0.717, 1.165) is 6.42 Å². The molecular weight excluding hydrogens is 261 g/mol. The molecular formula is C12H19F3N2O2. The van der Waals surface area contributed by atoms with Gasteiger partial charge in [-0.3, -0.25) is 4.79 Å². The van der Waals surface area contributed by atoms with Crippen LogP contribution in [0.15, 0.2) is 0 Å². The van der Waals surface area contributed by atoms with Gasteiger partial charge in [-0.2, -0.15) is 13.2 Å². The van der Waals surface area contributed by atoms with Gasteiger partial charge in [0.15, 0.2) is 5.41 Å². The number of nitrogens with one attached hydrogen (secondary N) is 1. The summed E-state index contributed by atoms with van der Waals surface area (Å²) in [4.78, 5) is 13.7. The number of hydrogen-bond acceptors (Lipinski definition) is 3. The number of ether oxygens (including phenoxy) is 1. The lowest BCUT2D eigenvalue weighted by Gasteiger charge is -2.39. The number of piperidine rings is 1. The summed E-state index contributed by atoms with van der Waals surface area (Å²) < 4.78 is 45.0. The van der Waals surface area contributed by atoms with Crippen LogP contribution in [0.5, 0.6) is 0 Å². The Morgan fingerprint density at radius 3 is 2.74 bits per heavy atom. The van der Waals surface area contributed by atoms with Crippen molar-refractivity contribution in [3.05, 3.63) is 0 Å². The standard InChI is InChI=1S/C12H19F3N2O2/c1-19-9-3-2-6-17(7-9)10(18)11(12(13,14)15)4-5-16-8-11/h9,16H,2-8H2,1H3. The van der Waals surface area contributed by atoms with Crippen molar-refractivity contribution in [1.29, 1.82) is 0 Å². The molecule has 0 aromatic rings. The maximum absolute atomic E-state index is 13.3. The van der Waals surface area contributed by atoms with Crippen LogP contribution in [0, 0.1) is 5.41 Å². The average Bonchev–Trinajstić information content (AvgIpc) is 2.88. The molecule has 2 saturated heterocycles. The van der Waals surface area contributed by atoms with Crippen LogP contribution >= 0.6 is 0 Å². The molecule has 19 heavy (non-hydrogen) atoms. The van der Waals surface area contributed by atoms with Gasteiger partial charge in [-0.05, 0) is 25.8 Å². The van der Waals surface area contributed by atoms with E-state index in [1.54, 1.807) is 0 Å². The highest BCUT2D eigenvalue weighted by molar-refractivity contribution is 5.84. The van der Waals surface area contributed by atoms with Crippen LogP contribution in [0.1, 0.15) is 19.3 Å². The van der Waals surface area contributed by atoms with Gasteiger partial charge in [0.2, 0.25) is 5.91 Å². The smallest absolute Gasteiger partial charge is 0.380 e. The first-order valence-corrected chi connectivity index (χ1v) is 6.50. The molecule has 2 aliphatic heterocycles. The van der Waals surface area contributed by atoms with E-state index >= 15 is 0 Å². The molecule has 2 fully saturated rings. The van der Waals surface area contributed by atoms with Crippen LogP contribution in [0.2, 0.25) is 0 Å². The Morgan fingerprint density at radius 2 is 2.21 bits per heavy atom. The Morgan fingerprint density at radius 1 is 1.47 bits per heavy atom. The Labute approximate surface area is 110 Å². The molecule has 0 saturated carbocycles. The van der Waals surface area contributed by atoms with E-state index in [-0.39, 0.29) is 32.2 Å². The summed E-state index contributed by atoms with van der Waals surface area (Å²) in [7, 11) is 1.52. The Kier molecular flexibility index (Phi) is 4.06. The molecule has 0 bridgehead atoms. The summed E-state index contributed by atoms with van der Waals surface area (Å²) in [6.45, 7) is 0.556. The van der Waals surface area contributed by atoms with Crippen molar-refractivity contribution in [3.63, 3.8) is 0 Å². The number of alkyl halides is 3. The van der Waals surface area contributed by atoms with Gasteiger partial charge < -0.3 is 15.0 Å². The van der Waals surface area contributed by atoms with Crippen molar-refractivity contribution >= 4 is 5.91 Å². The zero-order valence-electron chi connectivity index (χ0n) is 10.9. The van der Waals surface area contributed by atoms with E-state index in [1.165, 1.54) is 12.0 Å². The largest absolute Gasteiger partial charge is 0.404 e. The number of hydrogen-bond donors (Lipinski definition) is 1. The monoisotopic (exact) mass is 280 g/mol. The first-order chi connectivity index (χ1) is 8.90. The maximum Gasteiger partial charge on any atom is 0.404 e. The van der Waals surface area contributed by atoms with Gasteiger partial charge in [-0.1, -0.05) is 0 Å². The average molecular weight is 280 g/mol. The molecule has 0 radical (unpaired) electrons. The first-order valence-electron chi connectivity index (χ1n) is 6.50. The van der Waals surface area contributed by atoms with Gasteiger partial charge in [0.05, 0.1) is 6.10 Å². The molecule has 0 spiro atoms. The Bertz CT molecular complexity index is 340. The topological polar surface area (TPSA) is 41.6 Å². The minimum atomic E-state index is -4.51. The minimum absolute atomic E-state index is 0.155. The van der Waals surface area contributed by atoms with Gasteiger partial charge in [0.1, 0.15) is 0 Å². The van der Waals surface area contributed by atoms with Gasteiger partial charge in [0, 0.05) is 26.7 Å². The van der Waals surface area contributed by atoms with Crippen LogP contribution < -0.4 is 5.32 Å². The number of methoxy groups -OCH3 is 1. The van der Waals surface area contributed by atoms with E-state index < -0.39 is 17.5 Å². The predicted molar refractivity (Wildman–Crippen MR) is 62.6 cm³/mol. The molecule has 2 unspecified atom stereocenters. The second kappa shape index (κ2) is 5.28. The second-order valence-corrected chi connectivity index (χ2v) is 5.26. The molecule has 1 N–H and O–H groups in total. The number of carbonyl (C=O) groups excluding carboxylic acids is 1. The van der Waals surface area contributed by atoms with Crippen LogP contribution in [0.25, 0.3) is 0 Å². The van der Waals surface area contributed by atoms with Crippen LogP contribution in [-0.4, -0.2) is 56.4 Å². The van der Waals surface area contributed by atoms with Crippen molar-refractivity contribution in [1.82, 2.24) is 10.2 Å². The van der Waals surface area contributed by atoms with Crippen LogP contribution in [0.4, 0.5) is 13.2 Å². The highest BCUT2D eigenvalue weighted by Crippen LogP contribution is 2.44. The van der Waals surface area contributed by atoms with Crippen molar-refractivity contribution in [2.45, 2.75) is 31.5 Å². The number of rotatable bonds is 2. The highest BCUT2D eigenvalue weighted by Gasteiger charge is 2.62. The molecule has 4 nitrogen and oxygen atoms in total. The first kappa shape index (κ1) is 14.6. The molecule has 2 heterocycles. The zero-order chi connectivity index (χ0) is 14.1. The van der Waals surface area contributed by atoms with Crippen molar-refractivity contribution < 1.29 is 22.7 Å². The number of nitrogens with zero attached hydrogens (tertiary/aromatic N) is 1. The summed E-state index contributed by atoms with van der Waals surface area (Å²) in [5, 5.41) is 2.67. The van der Waals surface area contributed by atoms with Gasteiger partial charge in [0.25, 0.3) is 0 Å². The van der Waals surface area contributed by atoms with E-state index in [9.17, 15) is 18.0 Å². The SMILES string of the molecule is COC1CCCN(C(=O)C2(C(F)(F)F)CCNC2)C1. The fraction of sp³-hybridized carbons (Fsp3) is 0.917. The third-order valence-electron chi connectivity index (χ3n) is 4.11.